The summed E-state index contributed by atoms with van der Waals surface area (Å²) in [6.45, 7) is 0. The molecule has 4 nitrogen and oxygen atoms in total. The molecule has 0 amide bonds. The summed E-state index contributed by atoms with van der Waals surface area (Å²) < 4.78 is 11.6. The fraction of sp³-hybridized carbons (Fsp3) is 0.0909. The highest BCUT2D eigenvalue weighted by atomic mass is 127. The molecule has 0 fully saturated rings. The van der Waals surface area contributed by atoms with Gasteiger partial charge in [-0.1, -0.05) is 29.3 Å². The Morgan fingerprint density at radius 3 is 2.56 bits per heavy atom. The lowest BCUT2D eigenvalue weighted by molar-refractivity contribution is 0.402. The predicted molar refractivity (Wildman–Crippen MR) is 77.8 cm³/mol. The SMILES string of the molecule is COc1cccc(Oc2nnc(Cl)cc2Cl)c1I. The van der Waals surface area contributed by atoms with Crippen molar-refractivity contribution in [2.45, 2.75) is 0 Å². The summed E-state index contributed by atoms with van der Waals surface area (Å²) in [7, 11) is 1.59. The minimum Gasteiger partial charge on any atom is -0.496 e. The average Bonchev–Trinajstić information content (AvgIpc) is 2.35. The lowest BCUT2D eigenvalue weighted by Crippen LogP contribution is -1.95. The van der Waals surface area contributed by atoms with Gasteiger partial charge in [0.15, 0.2) is 5.15 Å². The van der Waals surface area contributed by atoms with Crippen LogP contribution in [0.3, 0.4) is 0 Å². The van der Waals surface area contributed by atoms with Crippen molar-refractivity contribution < 1.29 is 9.47 Å². The standard InChI is InChI=1S/C11H7Cl2IN2O2/c1-17-7-3-2-4-8(10(7)14)18-11-6(12)5-9(13)15-16-11/h2-5H,1H3. The van der Waals surface area contributed by atoms with E-state index in [0.29, 0.717) is 16.5 Å². The van der Waals surface area contributed by atoms with Crippen LogP contribution in [0, 0.1) is 3.57 Å². The molecule has 0 saturated heterocycles. The molecule has 0 unspecified atom stereocenters. The van der Waals surface area contributed by atoms with Gasteiger partial charge in [-0.3, -0.25) is 0 Å². The van der Waals surface area contributed by atoms with Crippen LogP contribution >= 0.6 is 45.8 Å². The van der Waals surface area contributed by atoms with Crippen molar-refractivity contribution in [2.24, 2.45) is 0 Å². The molecule has 0 saturated carbocycles. The minimum absolute atomic E-state index is 0.201. The molecule has 0 aliphatic carbocycles. The Balaban J connectivity index is 2.34. The quantitative estimate of drug-likeness (QED) is 0.729. The normalized spacial score (nSPS) is 10.2. The second-order valence-corrected chi connectivity index (χ2v) is 5.07. The van der Waals surface area contributed by atoms with Crippen LogP contribution in [0.25, 0.3) is 0 Å². The lowest BCUT2D eigenvalue weighted by atomic mass is 10.3. The van der Waals surface area contributed by atoms with Gasteiger partial charge < -0.3 is 9.47 Å². The van der Waals surface area contributed by atoms with Gasteiger partial charge >= 0.3 is 0 Å². The molecule has 1 aromatic carbocycles. The maximum Gasteiger partial charge on any atom is 0.257 e. The molecule has 0 atom stereocenters. The molecule has 0 aliphatic rings. The smallest absolute Gasteiger partial charge is 0.257 e. The van der Waals surface area contributed by atoms with Gasteiger partial charge in [0, 0.05) is 6.07 Å². The molecule has 18 heavy (non-hydrogen) atoms. The summed E-state index contributed by atoms with van der Waals surface area (Å²) in [6, 6.07) is 6.91. The number of ether oxygens (including phenoxy) is 2. The number of aromatic nitrogens is 2. The largest absolute Gasteiger partial charge is 0.496 e. The first-order valence-corrected chi connectivity index (χ1v) is 6.64. The third-order valence-electron chi connectivity index (χ3n) is 2.04. The predicted octanol–water partition coefficient (Wildman–Crippen LogP) is 4.19. The molecule has 1 heterocycles. The van der Waals surface area contributed by atoms with E-state index in [1.165, 1.54) is 6.07 Å². The van der Waals surface area contributed by atoms with Gasteiger partial charge in [-0.25, -0.2) is 0 Å². The van der Waals surface area contributed by atoms with Crippen molar-refractivity contribution in [3.63, 3.8) is 0 Å². The van der Waals surface area contributed by atoms with Gasteiger partial charge in [0.2, 0.25) is 0 Å². The van der Waals surface area contributed by atoms with E-state index in [4.69, 9.17) is 32.7 Å². The molecule has 2 aromatic rings. The van der Waals surface area contributed by atoms with Gasteiger partial charge in [0.25, 0.3) is 5.88 Å². The average molecular weight is 397 g/mol. The molecule has 0 bridgehead atoms. The number of nitrogens with zero attached hydrogens (tertiary/aromatic N) is 2. The summed E-state index contributed by atoms with van der Waals surface area (Å²) in [5, 5.41) is 7.99. The lowest BCUT2D eigenvalue weighted by Gasteiger charge is -2.10. The Labute approximate surface area is 127 Å². The highest BCUT2D eigenvalue weighted by Gasteiger charge is 2.11. The Morgan fingerprint density at radius 1 is 1.17 bits per heavy atom. The van der Waals surface area contributed by atoms with Crippen molar-refractivity contribution in [1.82, 2.24) is 10.2 Å². The summed E-state index contributed by atoms with van der Waals surface area (Å²) in [6.07, 6.45) is 0. The Morgan fingerprint density at radius 2 is 1.89 bits per heavy atom. The molecule has 0 radical (unpaired) electrons. The van der Waals surface area contributed by atoms with E-state index in [2.05, 4.69) is 32.8 Å². The molecule has 2 rings (SSSR count). The molecular formula is C11H7Cl2IN2O2. The third-order valence-corrected chi connectivity index (χ3v) is 3.56. The molecule has 94 valence electrons. The summed E-state index contributed by atoms with van der Waals surface area (Å²) in [4.78, 5) is 0. The number of hydrogen-bond donors (Lipinski definition) is 0. The van der Waals surface area contributed by atoms with E-state index in [0.717, 1.165) is 3.57 Å². The van der Waals surface area contributed by atoms with Gasteiger partial charge in [-0.05, 0) is 34.7 Å². The Hall–Kier alpha value is -0.790. The second kappa shape index (κ2) is 5.90. The topological polar surface area (TPSA) is 44.2 Å². The number of rotatable bonds is 3. The Kier molecular flexibility index (Phi) is 4.47. The van der Waals surface area contributed by atoms with Gasteiger partial charge in [-0.15, -0.1) is 10.2 Å². The fourth-order valence-corrected chi connectivity index (χ4v) is 2.31. The van der Waals surface area contributed by atoms with Crippen LogP contribution in [0.15, 0.2) is 24.3 Å². The van der Waals surface area contributed by atoms with Crippen LogP contribution in [0.5, 0.6) is 17.4 Å². The maximum atomic E-state index is 5.96. The van der Waals surface area contributed by atoms with E-state index in [-0.39, 0.29) is 11.0 Å². The minimum atomic E-state index is 0.201. The van der Waals surface area contributed by atoms with Crippen molar-refractivity contribution in [2.75, 3.05) is 7.11 Å². The third kappa shape index (κ3) is 2.96. The summed E-state index contributed by atoms with van der Waals surface area (Å²) in [5.74, 6) is 1.51. The first kappa shape index (κ1) is 13.6. The van der Waals surface area contributed by atoms with Crippen molar-refractivity contribution in [3.05, 3.63) is 38.0 Å². The molecule has 0 aliphatic heterocycles. The highest BCUT2D eigenvalue weighted by Crippen LogP contribution is 2.34. The zero-order chi connectivity index (χ0) is 13.1. The van der Waals surface area contributed by atoms with Gasteiger partial charge in [-0.2, -0.15) is 0 Å². The van der Waals surface area contributed by atoms with E-state index in [1.54, 1.807) is 13.2 Å². The monoisotopic (exact) mass is 396 g/mol. The first-order valence-electron chi connectivity index (χ1n) is 4.81. The molecular weight excluding hydrogens is 390 g/mol. The van der Waals surface area contributed by atoms with Crippen LogP contribution in [-0.4, -0.2) is 17.3 Å². The number of methoxy groups -OCH3 is 1. The summed E-state index contributed by atoms with van der Waals surface area (Å²) in [5.41, 5.74) is 0. The number of hydrogen-bond acceptors (Lipinski definition) is 4. The maximum absolute atomic E-state index is 5.96. The van der Waals surface area contributed by atoms with Crippen molar-refractivity contribution in [1.29, 1.82) is 0 Å². The zero-order valence-electron chi connectivity index (χ0n) is 9.15. The molecule has 0 N–H and O–H groups in total. The molecule has 1 aromatic heterocycles. The highest BCUT2D eigenvalue weighted by molar-refractivity contribution is 14.1. The zero-order valence-corrected chi connectivity index (χ0v) is 12.8. The van der Waals surface area contributed by atoms with E-state index < -0.39 is 0 Å². The fourth-order valence-electron chi connectivity index (χ4n) is 1.24. The number of halogens is 3. The van der Waals surface area contributed by atoms with Crippen LogP contribution in [-0.2, 0) is 0 Å². The summed E-state index contributed by atoms with van der Waals surface area (Å²) >= 11 is 13.7. The van der Waals surface area contributed by atoms with E-state index >= 15 is 0 Å². The second-order valence-electron chi connectivity index (χ2n) is 3.19. The molecule has 7 heteroatoms. The Bertz CT molecular complexity index is 581. The van der Waals surface area contributed by atoms with E-state index in [1.807, 2.05) is 12.1 Å². The molecule has 0 spiro atoms. The van der Waals surface area contributed by atoms with Gasteiger partial charge in [0.05, 0.1) is 10.7 Å². The van der Waals surface area contributed by atoms with Crippen LogP contribution in [0.2, 0.25) is 10.2 Å². The number of benzene rings is 1. The van der Waals surface area contributed by atoms with Crippen LogP contribution in [0.4, 0.5) is 0 Å². The van der Waals surface area contributed by atoms with E-state index in [9.17, 15) is 0 Å². The van der Waals surface area contributed by atoms with Crippen LogP contribution in [0.1, 0.15) is 0 Å². The van der Waals surface area contributed by atoms with Crippen molar-refractivity contribution >= 4 is 45.8 Å². The van der Waals surface area contributed by atoms with Crippen molar-refractivity contribution in [3.8, 4) is 17.4 Å². The van der Waals surface area contributed by atoms with Gasteiger partial charge in [0.1, 0.15) is 16.5 Å². The van der Waals surface area contributed by atoms with Crippen LogP contribution < -0.4 is 9.47 Å². The first-order chi connectivity index (χ1) is 8.61.